The van der Waals surface area contributed by atoms with E-state index in [1.54, 1.807) is 0 Å². The Morgan fingerprint density at radius 2 is 1.17 bits per heavy atom. The molecule has 0 heterocycles. The van der Waals surface area contributed by atoms with Gasteiger partial charge in [-0.2, -0.15) is 0 Å². The first-order chi connectivity index (χ1) is 5.85. The van der Waals surface area contributed by atoms with Crippen LogP contribution in [0.1, 0.15) is 12.8 Å². The van der Waals surface area contributed by atoms with Crippen molar-refractivity contribution in [3.05, 3.63) is 0 Å². The van der Waals surface area contributed by atoms with Crippen LogP contribution < -0.4 is 17.2 Å². The molecule has 0 aromatic carbocycles. The first-order valence-electron chi connectivity index (χ1n) is 4.67. The van der Waals surface area contributed by atoms with E-state index in [-0.39, 0.29) is 0 Å². The fourth-order valence-electron chi connectivity index (χ4n) is 1.15. The van der Waals surface area contributed by atoms with E-state index in [0.29, 0.717) is 0 Å². The highest BCUT2D eigenvalue weighted by molar-refractivity contribution is 4.59. The minimum atomic E-state index is 0.717. The molecule has 74 valence electrons. The maximum atomic E-state index is 5.47. The fourth-order valence-corrected chi connectivity index (χ4v) is 1.15. The molecule has 0 rings (SSSR count). The minimum Gasteiger partial charge on any atom is -0.330 e. The van der Waals surface area contributed by atoms with Gasteiger partial charge in [0.1, 0.15) is 0 Å². The first kappa shape index (κ1) is 11.8. The van der Waals surface area contributed by atoms with E-state index in [1.165, 1.54) is 0 Å². The van der Waals surface area contributed by atoms with E-state index in [9.17, 15) is 0 Å². The zero-order chi connectivity index (χ0) is 9.23. The molecular weight excluding hydrogens is 152 g/mol. The molecule has 0 aromatic heterocycles. The molecule has 12 heavy (non-hydrogen) atoms. The molecular formula is C8H22N4. The number of hydrogen-bond acceptors (Lipinski definition) is 4. The summed E-state index contributed by atoms with van der Waals surface area (Å²) in [6.45, 7) is 5.28. The molecule has 4 nitrogen and oxygen atoms in total. The van der Waals surface area contributed by atoms with Crippen LogP contribution in [0, 0.1) is 0 Å². The summed E-state index contributed by atoms with van der Waals surface area (Å²) in [4.78, 5) is 2.32. The highest BCUT2D eigenvalue weighted by Gasteiger charge is 2.01. The van der Waals surface area contributed by atoms with Gasteiger partial charge in [0.25, 0.3) is 0 Å². The highest BCUT2D eigenvalue weighted by Crippen LogP contribution is 1.91. The molecule has 0 aliphatic rings. The van der Waals surface area contributed by atoms with Crippen molar-refractivity contribution in [3.8, 4) is 0 Å². The lowest BCUT2D eigenvalue weighted by molar-refractivity contribution is 0.277. The van der Waals surface area contributed by atoms with Crippen molar-refractivity contribution in [2.75, 3.05) is 39.3 Å². The summed E-state index contributed by atoms with van der Waals surface area (Å²) in [5.41, 5.74) is 16.3. The Hall–Kier alpha value is -0.160. The third kappa shape index (κ3) is 6.54. The largest absolute Gasteiger partial charge is 0.330 e. The number of rotatable bonds is 8. The van der Waals surface area contributed by atoms with Crippen molar-refractivity contribution in [2.45, 2.75) is 12.8 Å². The lowest BCUT2D eigenvalue weighted by Crippen LogP contribution is -2.33. The van der Waals surface area contributed by atoms with Crippen LogP contribution in [-0.4, -0.2) is 44.2 Å². The molecule has 0 saturated heterocycles. The number of hydrogen-bond donors (Lipinski definition) is 3. The van der Waals surface area contributed by atoms with Gasteiger partial charge in [0.2, 0.25) is 0 Å². The second kappa shape index (κ2) is 8.93. The molecule has 0 atom stereocenters. The minimum absolute atomic E-state index is 0.717. The van der Waals surface area contributed by atoms with Crippen LogP contribution in [0.4, 0.5) is 0 Å². The molecule has 0 saturated carbocycles. The molecule has 0 radical (unpaired) electrons. The number of nitrogens with zero attached hydrogens (tertiary/aromatic N) is 1. The Bertz CT molecular complexity index is 79.1. The quantitative estimate of drug-likeness (QED) is 0.438. The molecule has 6 N–H and O–H groups in total. The van der Waals surface area contributed by atoms with Crippen LogP contribution in [0.2, 0.25) is 0 Å². The average Bonchev–Trinajstić information content (AvgIpc) is 2.10. The molecule has 0 aliphatic heterocycles. The van der Waals surface area contributed by atoms with E-state index in [1.807, 2.05) is 0 Å². The third-order valence-electron chi connectivity index (χ3n) is 1.80. The summed E-state index contributed by atoms with van der Waals surface area (Å²) >= 11 is 0. The van der Waals surface area contributed by atoms with Gasteiger partial charge in [0, 0.05) is 13.1 Å². The van der Waals surface area contributed by atoms with E-state index in [0.717, 1.165) is 52.1 Å². The lowest BCUT2D eigenvalue weighted by atomic mass is 10.3. The van der Waals surface area contributed by atoms with Crippen LogP contribution in [-0.2, 0) is 0 Å². The van der Waals surface area contributed by atoms with Crippen LogP contribution in [0.15, 0.2) is 0 Å². The number of nitrogens with two attached hydrogens (primary N) is 3. The van der Waals surface area contributed by atoms with E-state index in [4.69, 9.17) is 17.2 Å². The fraction of sp³-hybridized carbons (Fsp3) is 1.00. The van der Waals surface area contributed by atoms with Crippen LogP contribution in [0.3, 0.4) is 0 Å². The SMILES string of the molecule is NCCCN(CCN)CCCN. The van der Waals surface area contributed by atoms with Gasteiger partial charge in [0.05, 0.1) is 0 Å². The van der Waals surface area contributed by atoms with Crippen molar-refractivity contribution >= 4 is 0 Å². The van der Waals surface area contributed by atoms with Gasteiger partial charge in [-0.25, -0.2) is 0 Å². The van der Waals surface area contributed by atoms with Crippen molar-refractivity contribution in [2.24, 2.45) is 17.2 Å². The van der Waals surface area contributed by atoms with Gasteiger partial charge in [0.15, 0.2) is 0 Å². The summed E-state index contributed by atoms with van der Waals surface area (Å²) in [6, 6.07) is 0. The second-order valence-corrected chi connectivity index (χ2v) is 2.91. The Morgan fingerprint density at radius 3 is 1.50 bits per heavy atom. The average molecular weight is 174 g/mol. The zero-order valence-corrected chi connectivity index (χ0v) is 7.84. The molecule has 0 aliphatic carbocycles. The monoisotopic (exact) mass is 174 g/mol. The van der Waals surface area contributed by atoms with E-state index >= 15 is 0 Å². The van der Waals surface area contributed by atoms with Crippen molar-refractivity contribution in [3.63, 3.8) is 0 Å². The standard InChI is InChI=1S/C8H22N4/c9-3-1-6-12(8-5-11)7-2-4-10/h1-11H2. The summed E-state index contributed by atoms with van der Waals surface area (Å²) in [5.74, 6) is 0. The Balaban J connectivity index is 3.40. The maximum Gasteiger partial charge on any atom is 0.0105 e. The Kier molecular flexibility index (Phi) is 8.81. The normalized spacial score (nSPS) is 11.0. The lowest BCUT2D eigenvalue weighted by Gasteiger charge is -2.20. The summed E-state index contributed by atoms with van der Waals surface area (Å²) in [5, 5.41) is 0. The molecule has 0 bridgehead atoms. The van der Waals surface area contributed by atoms with Gasteiger partial charge in [-0.15, -0.1) is 0 Å². The maximum absolute atomic E-state index is 5.47. The van der Waals surface area contributed by atoms with Gasteiger partial charge < -0.3 is 22.1 Å². The predicted molar refractivity (Wildman–Crippen MR) is 52.8 cm³/mol. The molecule has 0 spiro atoms. The zero-order valence-electron chi connectivity index (χ0n) is 7.84. The van der Waals surface area contributed by atoms with Crippen LogP contribution in [0.25, 0.3) is 0 Å². The molecule has 0 aromatic rings. The van der Waals surface area contributed by atoms with Gasteiger partial charge >= 0.3 is 0 Å². The topological polar surface area (TPSA) is 81.3 Å². The van der Waals surface area contributed by atoms with E-state index in [2.05, 4.69) is 4.90 Å². The van der Waals surface area contributed by atoms with Crippen molar-refractivity contribution < 1.29 is 0 Å². The van der Waals surface area contributed by atoms with Crippen LogP contribution in [0.5, 0.6) is 0 Å². The van der Waals surface area contributed by atoms with Crippen molar-refractivity contribution in [1.29, 1.82) is 0 Å². The second-order valence-electron chi connectivity index (χ2n) is 2.91. The molecule has 0 unspecified atom stereocenters. The van der Waals surface area contributed by atoms with Gasteiger partial charge in [-0.1, -0.05) is 0 Å². The van der Waals surface area contributed by atoms with Gasteiger partial charge in [-0.05, 0) is 39.0 Å². The first-order valence-corrected chi connectivity index (χ1v) is 4.67. The predicted octanol–water partition coefficient (Wildman–Crippen LogP) is -1.06. The Morgan fingerprint density at radius 1 is 0.667 bits per heavy atom. The summed E-state index contributed by atoms with van der Waals surface area (Å²) in [7, 11) is 0. The Labute approximate surface area is 75.1 Å². The molecule has 4 heteroatoms. The summed E-state index contributed by atoms with van der Waals surface area (Å²) in [6.07, 6.45) is 2.09. The molecule has 0 amide bonds. The van der Waals surface area contributed by atoms with E-state index < -0.39 is 0 Å². The molecule has 0 fully saturated rings. The van der Waals surface area contributed by atoms with Crippen molar-refractivity contribution in [1.82, 2.24) is 4.90 Å². The smallest absolute Gasteiger partial charge is 0.0105 e. The van der Waals surface area contributed by atoms with Gasteiger partial charge in [-0.3, -0.25) is 0 Å². The summed E-state index contributed by atoms with van der Waals surface area (Å²) < 4.78 is 0. The third-order valence-corrected chi connectivity index (χ3v) is 1.80. The highest BCUT2D eigenvalue weighted by atomic mass is 15.1. The van der Waals surface area contributed by atoms with Crippen LogP contribution >= 0.6 is 0 Å².